The van der Waals surface area contributed by atoms with Gasteiger partial charge in [0, 0.05) is 11.1 Å². The van der Waals surface area contributed by atoms with Crippen LogP contribution in [0.3, 0.4) is 0 Å². The van der Waals surface area contributed by atoms with E-state index >= 15 is 0 Å². The highest BCUT2D eigenvalue weighted by molar-refractivity contribution is 7.92. The Labute approximate surface area is 219 Å². The second-order valence-electron chi connectivity index (χ2n) is 7.89. The van der Waals surface area contributed by atoms with Gasteiger partial charge in [0.1, 0.15) is 18.8 Å². The Morgan fingerprint density at radius 3 is 2.35 bits per heavy atom. The van der Waals surface area contributed by atoms with Crippen LogP contribution < -0.4 is 28.7 Å². The number of fused-ring (bicyclic) bond motifs is 1. The van der Waals surface area contributed by atoms with Crippen LogP contribution in [0.4, 0.5) is 17.1 Å². The highest BCUT2D eigenvalue weighted by Gasteiger charge is 2.34. The van der Waals surface area contributed by atoms with Crippen molar-refractivity contribution in [2.24, 2.45) is 0 Å². The topological polar surface area (TPSA) is 114 Å². The molecule has 0 atom stereocenters. The van der Waals surface area contributed by atoms with E-state index < -0.39 is 28.4 Å². The lowest BCUT2D eigenvalue weighted by atomic mass is 10.2. The number of para-hydroxylation sites is 2. The molecule has 3 aromatic carbocycles. The Bertz CT molecular complexity index is 1460. The van der Waals surface area contributed by atoms with Gasteiger partial charge in [-0.05, 0) is 42.5 Å². The maximum absolute atomic E-state index is 14.0. The molecule has 0 aromatic heterocycles. The van der Waals surface area contributed by atoms with Crippen molar-refractivity contribution in [2.75, 3.05) is 48.9 Å². The average molecular weight is 546 g/mol. The van der Waals surface area contributed by atoms with E-state index in [-0.39, 0.29) is 33.6 Å². The number of halogens is 1. The smallest absolute Gasteiger partial charge is 0.265 e. The molecule has 12 heteroatoms. The Morgan fingerprint density at radius 1 is 0.973 bits per heavy atom. The summed E-state index contributed by atoms with van der Waals surface area (Å²) in [5.41, 5.74) is 0.947. The number of hydrogen-bond donors (Lipinski definition) is 1. The molecule has 1 aliphatic heterocycles. The molecule has 0 radical (unpaired) electrons. The van der Waals surface area contributed by atoms with Crippen LogP contribution in [0.5, 0.6) is 17.2 Å². The van der Waals surface area contributed by atoms with E-state index in [0.717, 1.165) is 4.31 Å². The van der Waals surface area contributed by atoms with E-state index in [9.17, 15) is 18.0 Å². The van der Waals surface area contributed by atoms with Gasteiger partial charge in [-0.15, -0.1) is 0 Å². The fourth-order valence-electron chi connectivity index (χ4n) is 3.93. The van der Waals surface area contributed by atoms with Gasteiger partial charge >= 0.3 is 0 Å². The second-order valence-corrected chi connectivity index (χ2v) is 10.2. The summed E-state index contributed by atoms with van der Waals surface area (Å²) in [5, 5.41) is 2.94. The third-order valence-electron chi connectivity index (χ3n) is 5.70. The first kappa shape index (κ1) is 26.1. The molecule has 4 rings (SSSR count). The number of anilines is 3. The summed E-state index contributed by atoms with van der Waals surface area (Å²) < 4.78 is 44.8. The van der Waals surface area contributed by atoms with Crippen LogP contribution in [0.15, 0.2) is 65.6 Å². The Hall–Kier alpha value is -3.96. The Kier molecular flexibility index (Phi) is 7.46. The van der Waals surface area contributed by atoms with Crippen LogP contribution in [0.1, 0.15) is 0 Å². The predicted molar refractivity (Wildman–Crippen MR) is 140 cm³/mol. The number of rotatable bonds is 8. The second kappa shape index (κ2) is 10.6. The number of methoxy groups -OCH3 is 3. The van der Waals surface area contributed by atoms with Crippen molar-refractivity contribution in [3.05, 3.63) is 65.7 Å². The van der Waals surface area contributed by atoms with E-state index in [1.807, 2.05) is 0 Å². The molecule has 2 amide bonds. The van der Waals surface area contributed by atoms with Crippen LogP contribution >= 0.6 is 11.6 Å². The molecule has 194 valence electrons. The quantitative estimate of drug-likeness (QED) is 0.460. The maximum atomic E-state index is 14.0. The molecule has 0 saturated heterocycles. The normalized spacial score (nSPS) is 12.9. The molecule has 3 aromatic rings. The number of hydrogen-bond acceptors (Lipinski definition) is 7. The molecule has 10 nitrogen and oxygen atoms in total. The predicted octanol–water partition coefficient (Wildman–Crippen LogP) is 3.55. The third kappa shape index (κ3) is 5.13. The van der Waals surface area contributed by atoms with E-state index in [4.69, 9.17) is 25.8 Å². The summed E-state index contributed by atoms with van der Waals surface area (Å²) >= 11 is 6.21. The minimum Gasteiger partial charge on any atom is -0.495 e. The Morgan fingerprint density at radius 2 is 1.65 bits per heavy atom. The van der Waals surface area contributed by atoms with Gasteiger partial charge in [0.2, 0.25) is 11.8 Å². The fraction of sp³-hybridized carbons (Fsp3) is 0.200. The van der Waals surface area contributed by atoms with E-state index in [1.165, 1.54) is 62.6 Å². The van der Waals surface area contributed by atoms with E-state index in [0.29, 0.717) is 17.1 Å². The van der Waals surface area contributed by atoms with Gasteiger partial charge in [0.15, 0.2) is 11.5 Å². The van der Waals surface area contributed by atoms with Crippen molar-refractivity contribution in [1.82, 2.24) is 0 Å². The number of nitrogens with zero attached hydrogens (tertiary/aromatic N) is 2. The number of nitrogens with one attached hydrogen (secondary N) is 1. The number of ether oxygens (including phenoxy) is 3. The molecular formula is C25H24ClN3O7S. The fourth-order valence-corrected chi connectivity index (χ4v) is 5.52. The number of benzene rings is 3. The lowest BCUT2D eigenvalue weighted by Gasteiger charge is -2.32. The summed E-state index contributed by atoms with van der Waals surface area (Å²) in [6.45, 7) is -0.915. The Balaban J connectivity index is 1.82. The first-order chi connectivity index (χ1) is 17.7. The summed E-state index contributed by atoms with van der Waals surface area (Å²) in [4.78, 5) is 27.0. The van der Waals surface area contributed by atoms with Crippen LogP contribution in [0.25, 0.3) is 0 Å². The van der Waals surface area contributed by atoms with Crippen molar-refractivity contribution >= 4 is 50.5 Å². The van der Waals surface area contributed by atoms with Gasteiger partial charge in [-0.1, -0.05) is 23.7 Å². The molecule has 0 aliphatic carbocycles. The molecule has 0 saturated carbocycles. The minimum atomic E-state index is -4.37. The molecule has 0 unspecified atom stereocenters. The standard InChI is InChI=1S/C25H24ClN3O7S/c1-34-21-10-8-16(26)12-20(21)29(37(32,33)17-9-11-22(35-2)23(13-17)36-3)15-25(31)28-14-24(30)27-18-6-4-5-7-19(18)28/h4-13H,14-15H2,1-3H3,(H,27,30). The number of amides is 2. The lowest BCUT2D eigenvalue weighted by molar-refractivity contribution is -0.121. The molecule has 0 spiro atoms. The first-order valence-corrected chi connectivity index (χ1v) is 12.8. The molecule has 1 heterocycles. The molecule has 0 fully saturated rings. The third-order valence-corrected chi connectivity index (χ3v) is 7.69. The number of carbonyl (C=O) groups is 2. The van der Waals surface area contributed by atoms with Crippen molar-refractivity contribution in [3.63, 3.8) is 0 Å². The zero-order chi connectivity index (χ0) is 26.7. The van der Waals surface area contributed by atoms with Crippen LogP contribution in [-0.4, -0.2) is 54.7 Å². The van der Waals surface area contributed by atoms with Crippen molar-refractivity contribution in [1.29, 1.82) is 0 Å². The molecule has 1 aliphatic rings. The summed E-state index contributed by atoms with van der Waals surface area (Å²) in [6.07, 6.45) is 0. The summed E-state index contributed by atoms with van der Waals surface area (Å²) in [7, 11) is -0.184. The highest BCUT2D eigenvalue weighted by Crippen LogP contribution is 2.37. The zero-order valence-electron chi connectivity index (χ0n) is 20.2. The minimum absolute atomic E-state index is 0.0490. The van der Waals surface area contributed by atoms with Crippen LogP contribution in [0.2, 0.25) is 5.02 Å². The highest BCUT2D eigenvalue weighted by atomic mass is 35.5. The van der Waals surface area contributed by atoms with E-state index in [1.54, 1.807) is 24.3 Å². The average Bonchev–Trinajstić information content (AvgIpc) is 2.90. The molecular weight excluding hydrogens is 522 g/mol. The van der Waals surface area contributed by atoms with Gasteiger partial charge < -0.3 is 19.5 Å². The van der Waals surface area contributed by atoms with Gasteiger partial charge in [0.05, 0.1) is 43.3 Å². The van der Waals surface area contributed by atoms with Crippen LogP contribution in [-0.2, 0) is 19.6 Å². The van der Waals surface area contributed by atoms with Gasteiger partial charge in [-0.2, -0.15) is 0 Å². The zero-order valence-corrected chi connectivity index (χ0v) is 21.8. The largest absolute Gasteiger partial charge is 0.495 e. The molecule has 1 N–H and O–H groups in total. The van der Waals surface area contributed by atoms with Crippen LogP contribution in [0, 0.1) is 0 Å². The molecule has 0 bridgehead atoms. The summed E-state index contributed by atoms with van der Waals surface area (Å²) in [5.74, 6) is -0.331. The SMILES string of the molecule is COc1ccc(S(=O)(=O)N(CC(=O)N2CC(=O)Nc3ccccc32)c2cc(Cl)ccc2OC)cc1OC. The van der Waals surface area contributed by atoms with Crippen molar-refractivity contribution < 1.29 is 32.2 Å². The lowest BCUT2D eigenvalue weighted by Crippen LogP contribution is -2.48. The van der Waals surface area contributed by atoms with Gasteiger partial charge in [-0.3, -0.25) is 18.8 Å². The monoisotopic (exact) mass is 545 g/mol. The van der Waals surface area contributed by atoms with Gasteiger partial charge in [-0.25, -0.2) is 8.42 Å². The van der Waals surface area contributed by atoms with Gasteiger partial charge in [0.25, 0.3) is 10.0 Å². The van der Waals surface area contributed by atoms with Crippen molar-refractivity contribution in [3.8, 4) is 17.2 Å². The van der Waals surface area contributed by atoms with Crippen molar-refractivity contribution in [2.45, 2.75) is 4.90 Å². The number of carbonyl (C=O) groups excluding carboxylic acids is 2. The van der Waals surface area contributed by atoms with E-state index in [2.05, 4.69) is 5.32 Å². The summed E-state index contributed by atoms with van der Waals surface area (Å²) in [6, 6.07) is 15.3. The maximum Gasteiger partial charge on any atom is 0.265 e. The number of sulfonamides is 1. The molecule has 37 heavy (non-hydrogen) atoms. The first-order valence-electron chi connectivity index (χ1n) is 11.0.